The molecule has 2 heteroatoms. The van der Waals surface area contributed by atoms with Gasteiger partial charge in [-0.1, -0.05) is 36.4 Å². The maximum atomic E-state index is 9.17. The van der Waals surface area contributed by atoms with Gasteiger partial charge < -0.3 is 5.11 Å². The molecule has 0 aliphatic carbocycles. The molecule has 1 nitrogen and oxygen atoms in total. The molecule has 2 aromatic rings. The number of hydrogen-bond acceptors (Lipinski definition) is 2. The van der Waals surface area contributed by atoms with E-state index in [1.54, 1.807) is 18.4 Å². The van der Waals surface area contributed by atoms with E-state index >= 15 is 0 Å². The van der Waals surface area contributed by atoms with Crippen molar-refractivity contribution in [3.05, 3.63) is 54.1 Å². The van der Waals surface area contributed by atoms with Crippen LogP contribution in [0.2, 0.25) is 0 Å². The molecule has 1 N–H and O–H groups in total. The number of phenolic OH excluding ortho intramolecular Hbond substituents is 1. The number of rotatable bonds is 1. The molecule has 0 radical (unpaired) electrons. The van der Waals surface area contributed by atoms with Crippen molar-refractivity contribution in [2.24, 2.45) is 0 Å². The lowest BCUT2D eigenvalue weighted by Gasteiger charge is -2.05. The minimum absolute atomic E-state index is 0.308. The van der Waals surface area contributed by atoms with Crippen molar-refractivity contribution in [3.63, 3.8) is 0 Å². The molecule has 2 aromatic carbocycles. The third-order valence-electron chi connectivity index (χ3n) is 2.32. The Morgan fingerprint density at radius 1 is 0.875 bits per heavy atom. The molecule has 0 amide bonds. The maximum absolute atomic E-state index is 9.17. The van der Waals surface area contributed by atoms with Crippen LogP contribution >= 0.6 is 12.6 Å². The average molecular weight is 232 g/mol. The van der Waals surface area contributed by atoms with E-state index in [0.29, 0.717) is 5.75 Å². The second-order valence-electron chi connectivity index (χ2n) is 3.36. The summed E-state index contributed by atoms with van der Waals surface area (Å²) in [6, 6.07) is 15.5. The molecule has 0 unspecified atom stereocenters. The van der Waals surface area contributed by atoms with Crippen LogP contribution in [-0.2, 0) is 0 Å². The molecule has 0 heterocycles. The highest BCUT2D eigenvalue weighted by Crippen LogP contribution is 2.24. The molecule has 0 aliphatic heterocycles. The summed E-state index contributed by atoms with van der Waals surface area (Å²) in [5.41, 5.74) is 3.60. The first kappa shape index (κ1) is 12.7. The van der Waals surface area contributed by atoms with Crippen LogP contribution in [0.15, 0.2) is 48.5 Å². The Morgan fingerprint density at radius 3 is 2.00 bits per heavy atom. The first-order valence-electron chi connectivity index (χ1n) is 5.07. The predicted molar refractivity (Wildman–Crippen MR) is 73.2 cm³/mol. The lowest BCUT2D eigenvalue weighted by atomic mass is 10.0. The molecule has 0 aliphatic rings. The van der Waals surface area contributed by atoms with E-state index in [1.807, 2.05) is 24.3 Å². The second kappa shape index (κ2) is 6.23. The summed E-state index contributed by atoms with van der Waals surface area (Å²) in [4.78, 5) is 0. The van der Waals surface area contributed by atoms with Gasteiger partial charge in [-0.15, -0.1) is 0 Å². The molecule has 0 saturated carbocycles. The summed E-state index contributed by atoms with van der Waals surface area (Å²) in [7, 11) is 0. The molecule has 0 fully saturated rings. The Morgan fingerprint density at radius 2 is 1.44 bits per heavy atom. The van der Waals surface area contributed by atoms with Crippen LogP contribution in [0.1, 0.15) is 5.56 Å². The molecular weight excluding hydrogens is 216 g/mol. The van der Waals surface area contributed by atoms with Gasteiger partial charge in [0, 0.05) is 0 Å². The van der Waals surface area contributed by atoms with Gasteiger partial charge in [-0.05, 0) is 42.0 Å². The number of hydrogen-bond donors (Lipinski definition) is 2. The number of aryl methyl sites for hydroxylation is 1. The van der Waals surface area contributed by atoms with Gasteiger partial charge in [-0.3, -0.25) is 0 Å². The molecule has 16 heavy (non-hydrogen) atoms. The van der Waals surface area contributed by atoms with Crippen molar-refractivity contribution in [1.82, 2.24) is 0 Å². The molecule has 0 bridgehead atoms. The molecule has 2 rings (SSSR count). The number of thiol groups is 1. The number of benzene rings is 2. The van der Waals surface area contributed by atoms with Crippen LogP contribution < -0.4 is 0 Å². The minimum Gasteiger partial charge on any atom is -0.508 e. The Kier molecular flexibility index (Phi) is 4.93. The Labute approximate surface area is 102 Å². The Bertz CT molecular complexity index is 435. The van der Waals surface area contributed by atoms with Crippen molar-refractivity contribution < 1.29 is 5.11 Å². The minimum atomic E-state index is 0.308. The molecule has 0 spiro atoms. The van der Waals surface area contributed by atoms with Gasteiger partial charge in [0.05, 0.1) is 0 Å². The highest BCUT2D eigenvalue weighted by atomic mass is 32.1. The second-order valence-corrected chi connectivity index (χ2v) is 3.36. The van der Waals surface area contributed by atoms with Gasteiger partial charge in [0.2, 0.25) is 0 Å². The largest absolute Gasteiger partial charge is 0.508 e. The lowest BCUT2D eigenvalue weighted by molar-refractivity contribution is 0.475. The van der Waals surface area contributed by atoms with E-state index in [2.05, 4.69) is 31.7 Å². The van der Waals surface area contributed by atoms with Gasteiger partial charge in [0.25, 0.3) is 0 Å². The van der Waals surface area contributed by atoms with E-state index < -0.39 is 0 Å². The topological polar surface area (TPSA) is 20.2 Å². The summed E-state index contributed by atoms with van der Waals surface area (Å²) >= 11 is 3.53. The van der Waals surface area contributed by atoms with Crippen LogP contribution in [-0.4, -0.2) is 11.4 Å². The summed E-state index contributed by atoms with van der Waals surface area (Å²) in [6.07, 6.45) is 1.69. The zero-order chi connectivity index (χ0) is 12.0. The first-order chi connectivity index (χ1) is 7.77. The van der Waals surface area contributed by atoms with Crippen molar-refractivity contribution in [3.8, 4) is 16.9 Å². The fourth-order valence-electron chi connectivity index (χ4n) is 1.54. The SMILES string of the molecule is CS.Cc1ccccc1-c1ccc(O)cc1. The number of aromatic hydroxyl groups is 1. The van der Waals surface area contributed by atoms with E-state index in [0.717, 1.165) is 5.56 Å². The van der Waals surface area contributed by atoms with Crippen molar-refractivity contribution in [2.75, 3.05) is 6.26 Å². The summed E-state index contributed by atoms with van der Waals surface area (Å²) in [5.74, 6) is 0.308. The fourth-order valence-corrected chi connectivity index (χ4v) is 1.54. The zero-order valence-electron chi connectivity index (χ0n) is 9.51. The Hall–Kier alpha value is -1.41. The highest BCUT2D eigenvalue weighted by molar-refractivity contribution is 7.79. The van der Waals surface area contributed by atoms with Gasteiger partial charge in [0.1, 0.15) is 5.75 Å². The first-order valence-corrected chi connectivity index (χ1v) is 5.96. The van der Waals surface area contributed by atoms with Crippen LogP contribution in [0.4, 0.5) is 0 Å². The normalized spacial score (nSPS) is 9.19. The van der Waals surface area contributed by atoms with E-state index in [4.69, 9.17) is 0 Å². The van der Waals surface area contributed by atoms with Gasteiger partial charge in [-0.2, -0.15) is 12.6 Å². The maximum Gasteiger partial charge on any atom is 0.115 e. The van der Waals surface area contributed by atoms with Crippen LogP contribution in [0.25, 0.3) is 11.1 Å². The third kappa shape index (κ3) is 3.04. The van der Waals surface area contributed by atoms with Crippen LogP contribution in [0, 0.1) is 6.92 Å². The average Bonchev–Trinajstić information content (AvgIpc) is 2.34. The van der Waals surface area contributed by atoms with Crippen molar-refractivity contribution in [1.29, 1.82) is 0 Å². The third-order valence-corrected chi connectivity index (χ3v) is 2.32. The van der Waals surface area contributed by atoms with Gasteiger partial charge in [-0.25, -0.2) is 0 Å². The monoisotopic (exact) mass is 232 g/mol. The molecular formula is C14H16OS. The van der Waals surface area contributed by atoms with E-state index in [9.17, 15) is 5.11 Å². The van der Waals surface area contributed by atoms with Gasteiger partial charge >= 0.3 is 0 Å². The standard InChI is InChI=1S/C13H12O.CH4S/c1-10-4-2-3-5-13(10)11-6-8-12(14)9-7-11;1-2/h2-9,14H,1H3;2H,1H3. The summed E-state index contributed by atoms with van der Waals surface area (Å²) in [6.45, 7) is 2.09. The quantitative estimate of drug-likeness (QED) is 0.714. The van der Waals surface area contributed by atoms with Crippen LogP contribution in [0.3, 0.4) is 0 Å². The van der Waals surface area contributed by atoms with E-state index in [1.165, 1.54) is 11.1 Å². The molecule has 0 atom stereocenters. The lowest BCUT2D eigenvalue weighted by Crippen LogP contribution is -1.81. The highest BCUT2D eigenvalue weighted by Gasteiger charge is 1.99. The summed E-state index contributed by atoms with van der Waals surface area (Å²) in [5, 5.41) is 9.17. The molecule has 0 aromatic heterocycles. The molecule has 0 saturated heterocycles. The summed E-state index contributed by atoms with van der Waals surface area (Å²) < 4.78 is 0. The van der Waals surface area contributed by atoms with Crippen molar-refractivity contribution in [2.45, 2.75) is 6.92 Å². The predicted octanol–water partition coefficient (Wildman–Crippen LogP) is 3.91. The zero-order valence-corrected chi connectivity index (χ0v) is 10.4. The Balaban J connectivity index is 0.000000606. The molecule has 84 valence electrons. The van der Waals surface area contributed by atoms with Gasteiger partial charge in [0.15, 0.2) is 0 Å². The number of phenols is 1. The smallest absolute Gasteiger partial charge is 0.115 e. The van der Waals surface area contributed by atoms with Crippen LogP contribution in [0.5, 0.6) is 5.75 Å². The van der Waals surface area contributed by atoms with Crippen molar-refractivity contribution >= 4 is 12.6 Å². The fraction of sp³-hybridized carbons (Fsp3) is 0.143. The van der Waals surface area contributed by atoms with E-state index in [-0.39, 0.29) is 0 Å².